The van der Waals surface area contributed by atoms with Crippen molar-refractivity contribution in [2.24, 2.45) is 5.73 Å². The lowest BCUT2D eigenvalue weighted by molar-refractivity contribution is -0.132. The summed E-state index contributed by atoms with van der Waals surface area (Å²) in [4.78, 5) is 5.01. The Morgan fingerprint density at radius 2 is 1.95 bits per heavy atom. The molecule has 0 saturated carbocycles. The van der Waals surface area contributed by atoms with Gasteiger partial charge >= 0.3 is 0 Å². The maximum atomic E-state index is 6.13. The fourth-order valence-electron chi connectivity index (χ4n) is 3.24. The highest BCUT2D eigenvalue weighted by molar-refractivity contribution is 4.94. The number of rotatable bonds is 7. The number of nitrogens with two attached hydrogens (primary N) is 1. The molecule has 1 heterocycles. The molecule has 1 rings (SSSR count). The third kappa shape index (κ3) is 4.40. The van der Waals surface area contributed by atoms with Crippen LogP contribution in [0.4, 0.5) is 0 Å². The van der Waals surface area contributed by atoms with Crippen LogP contribution in [0.5, 0.6) is 0 Å². The minimum Gasteiger partial charge on any atom is -0.356 e. The van der Waals surface area contributed by atoms with Gasteiger partial charge in [-0.25, -0.2) is 0 Å². The first-order valence-corrected chi connectivity index (χ1v) is 7.71. The van der Waals surface area contributed by atoms with Crippen molar-refractivity contribution in [2.75, 3.05) is 47.4 Å². The summed E-state index contributed by atoms with van der Waals surface area (Å²) >= 11 is 0. The zero-order valence-corrected chi connectivity index (χ0v) is 13.9. The van der Waals surface area contributed by atoms with Gasteiger partial charge in [-0.2, -0.15) is 0 Å². The summed E-state index contributed by atoms with van der Waals surface area (Å²) in [6.07, 6.45) is 2.94. The Morgan fingerprint density at radius 3 is 2.45 bits per heavy atom. The highest BCUT2D eigenvalue weighted by atomic mass is 16.7. The normalized spacial score (nSPS) is 25.6. The van der Waals surface area contributed by atoms with E-state index >= 15 is 0 Å². The molecule has 2 atom stereocenters. The molecule has 0 bridgehead atoms. The van der Waals surface area contributed by atoms with Crippen molar-refractivity contribution in [1.82, 2.24) is 9.80 Å². The van der Waals surface area contributed by atoms with E-state index in [0.717, 1.165) is 32.5 Å². The summed E-state index contributed by atoms with van der Waals surface area (Å²) in [5, 5.41) is 0. The molecule has 2 unspecified atom stereocenters. The van der Waals surface area contributed by atoms with Gasteiger partial charge in [0.05, 0.1) is 0 Å². The number of hydrogen-bond acceptors (Lipinski definition) is 5. The lowest BCUT2D eigenvalue weighted by Gasteiger charge is -2.45. The van der Waals surface area contributed by atoms with Crippen molar-refractivity contribution in [3.8, 4) is 0 Å². The summed E-state index contributed by atoms with van der Waals surface area (Å²) < 4.78 is 10.8. The van der Waals surface area contributed by atoms with Crippen LogP contribution >= 0.6 is 0 Å². The second-order valence-corrected chi connectivity index (χ2v) is 6.18. The van der Waals surface area contributed by atoms with Crippen LogP contribution in [-0.2, 0) is 9.47 Å². The van der Waals surface area contributed by atoms with Gasteiger partial charge in [0, 0.05) is 51.9 Å². The highest BCUT2D eigenvalue weighted by Gasteiger charge is 2.38. The fourth-order valence-corrected chi connectivity index (χ4v) is 3.24. The zero-order chi connectivity index (χ0) is 15.2. The standard InChI is InChI=1S/C15H33N3O2/c1-6-13-11-17(3)8-7-9-18(13)15(2,12-16)10-14(19-4)20-5/h13-14H,6-12,16H2,1-5H3. The van der Waals surface area contributed by atoms with Crippen LogP contribution in [0.25, 0.3) is 0 Å². The van der Waals surface area contributed by atoms with Crippen molar-refractivity contribution in [2.45, 2.75) is 51.0 Å². The topological polar surface area (TPSA) is 51.0 Å². The molecule has 1 saturated heterocycles. The van der Waals surface area contributed by atoms with Crippen LogP contribution in [-0.4, -0.2) is 75.1 Å². The first-order chi connectivity index (χ1) is 9.50. The molecular weight excluding hydrogens is 254 g/mol. The summed E-state index contributed by atoms with van der Waals surface area (Å²) in [5.74, 6) is 0. The molecule has 0 radical (unpaired) electrons. The van der Waals surface area contributed by atoms with Crippen molar-refractivity contribution in [3.05, 3.63) is 0 Å². The molecule has 0 aromatic rings. The summed E-state index contributed by atoms with van der Waals surface area (Å²) in [6.45, 7) is 8.49. The zero-order valence-electron chi connectivity index (χ0n) is 13.9. The van der Waals surface area contributed by atoms with Crippen molar-refractivity contribution >= 4 is 0 Å². The minimum atomic E-state index is -0.193. The number of likely N-dealkylation sites (N-methyl/N-ethyl adjacent to an activating group) is 1. The van der Waals surface area contributed by atoms with Gasteiger partial charge in [-0.3, -0.25) is 4.90 Å². The lowest BCUT2D eigenvalue weighted by Crippen LogP contribution is -2.58. The monoisotopic (exact) mass is 287 g/mol. The van der Waals surface area contributed by atoms with Crippen LogP contribution in [0.1, 0.15) is 33.1 Å². The number of hydrogen-bond donors (Lipinski definition) is 1. The third-order valence-corrected chi connectivity index (χ3v) is 4.64. The Morgan fingerprint density at radius 1 is 1.30 bits per heavy atom. The van der Waals surface area contributed by atoms with Crippen molar-refractivity contribution in [3.63, 3.8) is 0 Å². The predicted molar refractivity (Wildman–Crippen MR) is 82.8 cm³/mol. The fraction of sp³-hybridized carbons (Fsp3) is 1.00. The van der Waals surface area contributed by atoms with Gasteiger partial charge in [0.1, 0.15) is 0 Å². The average Bonchev–Trinajstić information content (AvgIpc) is 2.66. The molecule has 120 valence electrons. The maximum absolute atomic E-state index is 6.13. The molecule has 1 fully saturated rings. The average molecular weight is 287 g/mol. The molecule has 1 aliphatic heterocycles. The van der Waals surface area contributed by atoms with Crippen LogP contribution in [0.3, 0.4) is 0 Å². The van der Waals surface area contributed by atoms with Gasteiger partial charge in [0.2, 0.25) is 0 Å². The van der Waals surface area contributed by atoms with E-state index in [1.54, 1.807) is 14.2 Å². The van der Waals surface area contributed by atoms with E-state index in [4.69, 9.17) is 15.2 Å². The van der Waals surface area contributed by atoms with Gasteiger partial charge in [0.25, 0.3) is 0 Å². The quantitative estimate of drug-likeness (QED) is 0.711. The van der Waals surface area contributed by atoms with Crippen LogP contribution in [0.15, 0.2) is 0 Å². The van der Waals surface area contributed by atoms with Gasteiger partial charge in [-0.15, -0.1) is 0 Å². The van der Waals surface area contributed by atoms with Crippen LogP contribution in [0, 0.1) is 0 Å². The Bertz CT molecular complexity index is 274. The first kappa shape index (κ1) is 17.9. The molecule has 0 aliphatic carbocycles. The Hall–Kier alpha value is -0.200. The number of methoxy groups -OCH3 is 2. The molecular formula is C15H33N3O2. The molecule has 0 aromatic carbocycles. The van der Waals surface area contributed by atoms with Gasteiger partial charge in [0.15, 0.2) is 6.29 Å². The molecule has 0 spiro atoms. The smallest absolute Gasteiger partial charge is 0.158 e. The van der Waals surface area contributed by atoms with E-state index in [1.807, 2.05) is 0 Å². The lowest BCUT2D eigenvalue weighted by atomic mass is 9.92. The van der Waals surface area contributed by atoms with Crippen LogP contribution < -0.4 is 5.73 Å². The molecule has 0 aromatic heterocycles. The predicted octanol–water partition coefficient (Wildman–Crippen LogP) is 1.13. The van der Waals surface area contributed by atoms with Crippen molar-refractivity contribution in [1.29, 1.82) is 0 Å². The van der Waals surface area contributed by atoms with Gasteiger partial charge in [-0.1, -0.05) is 6.92 Å². The number of ether oxygens (including phenoxy) is 2. The minimum absolute atomic E-state index is 0.0808. The van der Waals surface area contributed by atoms with Crippen molar-refractivity contribution < 1.29 is 9.47 Å². The second-order valence-electron chi connectivity index (χ2n) is 6.18. The Kier molecular flexibility index (Phi) is 7.40. The SMILES string of the molecule is CCC1CN(C)CCCN1C(C)(CN)CC(OC)OC. The largest absolute Gasteiger partial charge is 0.356 e. The third-order valence-electron chi connectivity index (χ3n) is 4.64. The van der Waals surface area contributed by atoms with Gasteiger partial charge in [-0.05, 0) is 33.4 Å². The van der Waals surface area contributed by atoms with E-state index in [2.05, 4.69) is 30.7 Å². The Labute approximate surface area is 124 Å². The highest BCUT2D eigenvalue weighted by Crippen LogP contribution is 2.27. The van der Waals surface area contributed by atoms with E-state index < -0.39 is 0 Å². The molecule has 2 N–H and O–H groups in total. The molecule has 0 amide bonds. The molecule has 20 heavy (non-hydrogen) atoms. The Balaban J connectivity index is 2.88. The number of nitrogens with zero attached hydrogens (tertiary/aromatic N) is 2. The van der Waals surface area contributed by atoms with E-state index in [9.17, 15) is 0 Å². The summed E-state index contributed by atoms with van der Waals surface area (Å²) in [7, 11) is 5.59. The first-order valence-electron chi connectivity index (χ1n) is 7.71. The summed E-state index contributed by atoms with van der Waals surface area (Å²) in [5.41, 5.74) is 6.05. The van der Waals surface area contributed by atoms with E-state index in [1.165, 1.54) is 6.42 Å². The van der Waals surface area contributed by atoms with Crippen LogP contribution in [0.2, 0.25) is 0 Å². The van der Waals surface area contributed by atoms with E-state index in [0.29, 0.717) is 12.6 Å². The second kappa shape index (κ2) is 8.29. The molecule has 5 heteroatoms. The summed E-state index contributed by atoms with van der Waals surface area (Å²) in [6, 6.07) is 0.547. The molecule has 5 nitrogen and oxygen atoms in total. The van der Waals surface area contributed by atoms with E-state index in [-0.39, 0.29) is 11.8 Å². The molecule has 1 aliphatic rings. The van der Waals surface area contributed by atoms with Gasteiger partial charge < -0.3 is 20.1 Å². The maximum Gasteiger partial charge on any atom is 0.158 e.